The number of piperazine rings is 1. The molecule has 3 fully saturated rings. The summed E-state index contributed by atoms with van der Waals surface area (Å²) < 4.78 is 5.31. The minimum atomic E-state index is 0. The number of halogens is 2. The van der Waals surface area contributed by atoms with Gasteiger partial charge >= 0.3 is 0 Å². The zero-order chi connectivity index (χ0) is 19.5. The zero-order valence-electron chi connectivity index (χ0n) is 18.3. The summed E-state index contributed by atoms with van der Waals surface area (Å²) in [4.78, 5) is 17.1. The monoisotopic (exact) mass is 460 g/mol. The quantitative estimate of drug-likeness (QED) is 0.696. The van der Waals surface area contributed by atoms with E-state index in [4.69, 9.17) is 20.4 Å². The third kappa shape index (κ3) is 6.40. The summed E-state index contributed by atoms with van der Waals surface area (Å²) in [7, 11) is 3.93. The van der Waals surface area contributed by atoms with E-state index in [2.05, 4.69) is 27.8 Å². The Hall–Kier alpha value is -0.700. The molecule has 30 heavy (non-hydrogen) atoms. The zero-order valence-corrected chi connectivity index (χ0v) is 20.0. The van der Waals surface area contributed by atoms with Gasteiger partial charge in [0.15, 0.2) is 5.82 Å². The predicted molar refractivity (Wildman–Crippen MR) is 126 cm³/mol. The minimum absolute atomic E-state index is 0. The topological polar surface area (TPSA) is 70.8 Å². The average Bonchev–Trinajstić information content (AvgIpc) is 2.68. The molecule has 0 spiro atoms. The van der Waals surface area contributed by atoms with Gasteiger partial charge in [0.2, 0.25) is 0 Å². The predicted octanol–water partition coefficient (Wildman–Crippen LogP) is 2.14. The first-order valence-electron chi connectivity index (χ1n) is 10.9. The lowest BCUT2D eigenvalue weighted by molar-refractivity contribution is 0.129. The Morgan fingerprint density at radius 2 is 1.70 bits per heavy atom. The van der Waals surface area contributed by atoms with Gasteiger partial charge in [-0.15, -0.1) is 24.8 Å². The number of aromatic nitrogens is 2. The van der Waals surface area contributed by atoms with Crippen LogP contribution in [0.5, 0.6) is 0 Å². The molecule has 1 aromatic heterocycles. The second-order valence-corrected chi connectivity index (χ2v) is 8.96. The molecule has 0 radical (unpaired) electrons. The molecule has 7 nitrogen and oxygen atoms in total. The summed E-state index contributed by atoms with van der Waals surface area (Å²) in [6.07, 6.45) is 4.57. The molecule has 3 aliphatic rings. The van der Waals surface area contributed by atoms with E-state index in [9.17, 15) is 0 Å². The number of nitrogens with zero attached hydrogens (tertiary/aromatic N) is 5. The summed E-state index contributed by atoms with van der Waals surface area (Å²) >= 11 is 0. The molecule has 4 rings (SSSR count). The van der Waals surface area contributed by atoms with Crippen molar-refractivity contribution in [2.75, 3.05) is 64.9 Å². The minimum Gasteiger partial charge on any atom is -0.377 e. The van der Waals surface area contributed by atoms with Gasteiger partial charge in [0.25, 0.3) is 0 Å². The molecule has 0 bridgehead atoms. The summed E-state index contributed by atoms with van der Waals surface area (Å²) in [5, 5.41) is 0. The summed E-state index contributed by atoms with van der Waals surface area (Å²) in [5.74, 6) is 3.18. The fraction of sp³-hybridized carbons (Fsp3) is 0.810. The third-order valence-corrected chi connectivity index (χ3v) is 6.70. The van der Waals surface area contributed by atoms with Gasteiger partial charge < -0.3 is 25.2 Å². The molecule has 2 N–H and O–H groups in total. The smallest absolute Gasteiger partial charge is 0.156 e. The van der Waals surface area contributed by atoms with Crippen molar-refractivity contribution in [1.82, 2.24) is 19.8 Å². The van der Waals surface area contributed by atoms with Crippen LogP contribution in [0.2, 0.25) is 0 Å². The van der Waals surface area contributed by atoms with E-state index in [0.29, 0.717) is 18.6 Å². The van der Waals surface area contributed by atoms with Crippen molar-refractivity contribution in [2.24, 2.45) is 11.7 Å². The fourth-order valence-electron chi connectivity index (χ4n) is 4.71. The van der Waals surface area contributed by atoms with Gasteiger partial charge in [-0.05, 0) is 38.6 Å². The van der Waals surface area contributed by atoms with Gasteiger partial charge in [-0.3, -0.25) is 0 Å². The number of piperidine rings is 1. The standard InChI is InChI=1S/C21H36N6O.2ClH/c1-25-7-9-26(10-8-25)14-16-3-5-27(6-4-16)21-13-19(17-11-18(22)12-17)23-20(24-21)15-28-2;;/h13,16-18H,3-12,14-15,22H2,1-2H3;2*1H. The van der Waals surface area contributed by atoms with Gasteiger partial charge in [-0.1, -0.05) is 0 Å². The van der Waals surface area contributed by atoms with Gasteiger partial charge in [0.05, 0.1) is 0 Å². The van der Waals surface area contributed by atoms with Gasteiger partial charge in [-0.25, -0.2) is 9.97 Å². The van der Waals surface area contributed by atoms with Crippen molar-refractivity contribution in [3.05, 3.63) is 17.6 Å². The Kier molecular flexibility index (Phi) is 10.0. The molecule has 0 atom stereocenters. The van der Waals surface area contributed by atoms with Crippen molar-refractivity contribution in [3.8, 4) is 0 Å². The summed E-state index contributed by atoms with van der Waals surface area (Å²) in [6, 6.07) is 2.54. The van der Waals surface area contributed by atoms with Crippen LogP contribution in [0.4, 0.5) is 5.82 Å². The molecule has 2 saturated heterocycles. The van der Waals surface area contributed by atoms with E-state index in [1.54, 1.807) is 7.11 Å². The van der Waals surface area contributed by atoms with Crippen LogP contribution in [-0.2, 0) is 11.3 Å². The normalized spacial score (nSPS) is 25.9. The third-order valence-electron chi connectivity index (χ3n) is 6.70. The van der Waals surface area contributed by atoms with Crippen LogP contribution >= 0.6 is 24.8 Å². The molecule has 3 heterocycles. The molecule has 172 valence electrons. The first-order valence-corrected chi connectivity index (χ1v) is 10.9. The van der Waals surface area contributed by atoms with E-state index < -0.39 is 0 Å². The molecule has 0 amide bonds. The number of ether oxygens (including phenoxy) is 1. The Bertz CT molecular complexity index is 644. The fourth-order valence-corrected chi connectivity index (χ4v) is 4.71. The van der Waals surface area contributed by atoms with E-state index in [-0.39, 0.29) is 24.8 Å². The summed E-state index contributed by atoms with van der Waals surface area (Å²) in [6.45, 7) is 8.75. The second-order valence-electron chi connectivity index (χ2n) is 8.96. The highest BCUT2D eigenvalue weighted by molar-refractivity contribution is 5.85. The molecule has 1 aliphatic carbocycles. The van der Waals surface area contributed by atoms with Gasteiger partial charge in [0, 0.05) is 76.6 Å². The number of anilines is 1. The van der Waals surface area contributed by atoms with Crippen molar-refractivity contribution in [3.63, 3.8) is 0 Å². The van der Waals surface area contributed by atoms with E-state index in [1.165, 1.54) is 45.6 Å². The maximum Gasteiger partial charge on any atom is 0.156 e. The van der Waals surface area contributed by atoms with Crippen molar-refractivity contribution in [2.45, 2.75) is 44.2 Å². The molecule has 0 unspecified atom stereocenters. The first-order chi connectivity index (χ1) is 13.6. The molecular formula is C21H38Cl2N6O. The SMILES string of the molecule is COCc1nc(C2CC(N)C2)cc(N2CCC(CN3CCN(C)CC3)CC2)n1.Cl.Cl. The van der Waals surface area contributed by atoms with Gasteiger partial charge in [-0.2, -0.15) is 0 Å². The molecule has 0 aromatic carbocycles. The summed E-state index contributed by atoms with van der Waals surface area (Å²) in [5.41, 5.74) is 7.15. The van der Waals surface area contributed by atoms with Crippen LogP contribution in [0.15, 0.2) is 6.07 Å². The highest BCUT2D eigenvalue weighted by atomic mass is 35.5. The maximum atomic E-state index is 6.00. The molecule has 9 heteroatoms. The van der Waals surface area contributed by atoms with Crippen LogP contribution < -0.4 is 10.6 Å². The lowest BCUT2D eigenvalue weighted by Crippen LogP contribution is -2.47. The lowest BCUT2D eigenvalue weighted by atomic mass is 9.78. The highest BCUT2D eigenvalue weighted by Gasteiger charge is 2.30. The van der Waals surface area contributed by atoms with Crippen LogP contribution in [0.3, 0.4) is 0 Å². The number of rotatable bonds is 6. The Morgan fingerprint density at radius 1 is 1.03 bits per heavy atom. The Morgan fingerprint density at radius 3 is 2.30 bits per heavy atom. The van der Waals surface area contributed by atoms with Crippen LogP contribution in [-0.4, -0.2) is 85.8 Å². The van der Waals surface area contributed by atoms with E-state index in [0.717, 1.165) is 49.2 Å². The van der Waals surface area contributed by atoms with Crippen LogP contribution in [0.25, 0.3) is 0 Å². The number of hydrogen-bond acceptors (Lipinski definition) is 7. The Labute approximate surface area is 193 Å². The number of methoxy groups -OCH3 is 1. The second kappa shape index (κ2) is 11.8. The first kappa shape index (κ1) is 25.6. The van der Waals surface area contributed by atoms with Crippen molar-refractivity contribution in [1.29, 1.82) is 0 Å². The highest BCUT2D eigenvalue weighted by Crippen LogP contribution is 2.36. The molecular weight excluding hydrogens is 423 g/mol. The number of likely N-dealkylation sites (N-methyl/N-ethyl adjacent to an activating group) is 1. The number of nitrogens with two attached hydrogens (primary N) is 1. The van der Waals surface area contributed by atoms with Crippen LogP contribution in [0.1, 0.15) is 43.1 Å². The number of hydrogen-bond donors (Lipinski definition) is 1. The average molecular weight is 461 g/mol. The van der Waals surface area contributed by atoms with Gasteiger partial charge in [0.1, 0.15) is 12.4 Å². The maximum absolute atomic E-state index is 6.00. The molecule has 1 aromatic rings. The molecule has 2 aliphatic heterocycles. The largest absolute Gasteiger partial charge is 0.377 e. The van der Waals surface area contributed by atoms with Crippen molar-refractivity contribution >= 4 is 30.6 Å². The van der Waals surface area contributed by atoms with E-state index in [1.807, 2.05) is 0 Å². The van der Waals surface area contributed by atoms with E-state index >= 15 is 0 Å². The van der Waals surface area contributed by atoms with Crippen LogP contribution in [0, 0.1) is 5.92 Å². The van der Waals surface area contributed by atoms with Crippen molar-refractivity contribution < 1.29 is 4.74 Å². The lowest BCUT2D eigenvalue weighted by Gasteiger charge is -2.38. The molecule has 1 saturated carbocycles. The Balaban J connectivity index is 0.00000160.